The molecule has 1 heterocycles. The van der Waals surface area contributed by atoms with Gasteiger partial charge < -0.3 is 19.3 Å². The van der Waals surface area contributed by atoms with Gasteiger partial charge in [-0.15, -0.1) is 0 Å². The highest BCUT2D eigenvalue weighted by Crippen LogP contribution is 2.27. The van der Waals surface area contributed by atoms with Crippen molar-refractivity contribution in [3.05, 3.63) is 28.2 Å². The fourth-order valence-electron chi connectivity index (χ4n) is 2.63. The van der Waals surface area contributed by atoms with Gasteiger partial charge in [0.1, 0.15) is 5.75 Å². The molecule has 0 bridgehead atoms. The summed E-state index contributed by atoms with van der Waals surface area (Å²) in [6, 6.07) is 5.17. The Morgan fingerprint density at radius 2 is 1.96 bits per heavy atom. The van der Waals surface area contributed by atoms with Gasteiger partial charge in [0.2, 0.25) is 0 Å². The van der Waals surface area contributed by atoms with Crippen LogP contribution in [-0.4, -0.2) is 68.8 Å². The molecule has 0 saturated carbocycles. The normalized spacial score (nSPS) is 15.5. The number of ether oxygens (including phenoxy) is 2. The summed E-state index contributed by atoms with van der Waals surface area (Å²) >= 11 is 12.0. The Morgan fingerprint density at radius 1 is 1.25 bits per heavy atom. The van der Waals surface area contributed by atoms with Crippen LogP contribution in [0, 0.1) is 0 Å². The summed E-state index contributed by atoms with van der Waals surface area (Å²) in [6.45, 7) is 2.84. The first kappa shape index (κ1) is 19.3. The Kier molecular flexibility index (Phi) is 7.62. The highest BCUT2D eigenvalue weighted by Gasteiger charge is 2.26. The van der Waals surface area contributed by atoms with Crippen LogP contribution in [0.1, 0.15) is 12.8 Å². The fraction of sp³-hybridized carbons (Fsp3) is 0.588. The topological polar surface area (TPSA) is 42.0 Å². The van der Waals surface area contributed by atoms with Crippen molar-refractivity contribution in [3.63, 3.8) is 0 Å². The highest BCUT2D eigenvalue weighted by molar-refractivity contribution is 6.35. The first-order valence-electron chi connectivity index (χ1n) is 8.07. The van der Waals surface area contributed by atoms with Gasteiger partial charge in [0, 0.05) is 37.4 Å². The Labute approximate surface area is 153 Å². The lowest BCUT2D eigenvalue weighted by Gasteiger charge is -2.35. The first-order valence-corrected chi connectivity index (χ1v) is 8.82. The summed E-state index contributed by atoms with van der Waals surface area (Å²) in [7, 11) is 3.99. The molecule has 0 spiro atoms. The van der Waals surface area contributed by atoms with Crippen LogP contribution in [-0.2, 0) is 9.53 Å². The minimum Gasteiger partial charge on any atom is -0.482 e. The van der Waals surface area contributed by atoms with E-state index in [0.29, 0.717) is 35.6 Å². The molecule has 0 aliphatic carbocycles. The lowest BCUT2D eigenvalue weighted by molar-refractivity contribution is -0.137. The maximum Gasteiger partial charge on any atom is 0.260 e. The number of benzene rings is 1. The fourth-order valence-corrected chi connectivity index (χ4v) is 3.09. The van der Waals surface area contributed by atoms with Gasteiger partial charge in [0.25, 0.3) is 5.91 Å². The van der Waals surface area contributed by atoms with Crippen molar-refractivity contribution in [2.75, 3.05) is 47.0 Å². The number of carbonyl (C=O) groups excluding carboxylic acids is 1. The van der Waals surface area contributed by atoms with Crippen molar-refractivity contribution in [2.24, 2.45) is 0 Å². The predicted molar refractivity (Wildman–Crippen MR) is 96.1 cm³/mol. The van der Waals surface area contributed by atoms with Crippen molar-refractivity contribution in [2.45, 2.75) is 18.9 Å². The van der Waals surface area contributed by atoms with Gasteiger partial charge in [-0.1, -0.05) is 23.2 Å². The molecule has 24 heavy (non-hydrogen) atoms. The number of amides is 1. The molecule has 0 unspecified atom stereocenters. The molecule has 0 radical (unpaired) electrons. The van der Waals surface area contributed by atoms with Crippen LogP contribution in [0.25, 0.3) is 0 Å². The summed E-state index contributed by atoms with van der Waals surface area (Å²) in [6.07, 6.45) is 1.72. The van der Waals surface area contributed by atoms with Crippen LogP contribution in [0.3, 0.4) is 0 Å². The van der Waals surface area contributed by atoms with E-state index in [1.54, 1.807) is 18.2 Å². The molecule has 1 amide bonds. The molecular formula is C17H24Cl2N2O3. The van der Waals surface area contributed by atoms with Gasteiger partial charge in [-0.05, 0) is 45.1 Å². The zero-order valence-corrected chi connectivity index (χ0v) is 15.6. The molecule has 0 N–H and O–H groups in total. The summed E-state index contributed by atoms with van der Waals surface area (Å²) in [5.74, 6) is 0.434. The molecule has 1 aliphatic heterocycles. The van der Waals surface area contributed by atoms with Crippen LogP contribution in [0.2, 0.25) is 10.0 Å². The molecule has 1 fully saturated rings. The molecule has 5 nitrogen and oxygen atoms in total. The number of hydrogen-bond acceptors (Lipinski definition) is 4. The summed E-state index contributed by atoms with van der Waals surface area (Å²) < 4.78 is 11.0. The van der Waals surface area contributed by atoms with Crippen molar-refractivity contribution >= 4 is 29.1 Å². The summed E-state index contributed by atoms with van der Waals surface area (Å²) in [5.41, 5.74) is 0. The minimum absolute atomic E-state index is 0.0326. The number of halogens is 2. The van der Waals surface area contributed by atoms with Gasteiger partial charge >= 0.3 is 0 Å². The molecule has 7 heteroatoms. The first-order chi connectivity index (χ1) is 11.5. The Balaban J connectivity index is 1.97. The van der Waals surface area contributed by atoms with E-state index in [2.05, 4.69) is 4.90 Å². The van der Waals surface area contributed by atoms with E-state index in [9.17, 15) is 4.79 Å². The van der Waals surface area contributed by atoms with Crippen LogP contribution in [0.15, 0.2) is 18.2 Å². The number of nitrogens with zero attached hydrogens (tertiary/aromatic N) is 2. The van der Waals surface area contributed by atoms with Gasteiger partial charge in [-0.2, -0.15) is 0 Å². The van der Waals surface area contributed by atoms with Crippen LogP contribution in [0.4, 0.5) is 0 Å². The van der Waals surface area contributed by atoms with Gasteiger partial charge in [0.15, 0.2) is 6.61 Å². The van der Waals surface area contributed by atoms with E-state index < -0.39 is 0 Å². The minimum atomic E-state index is -0.0356. The Morgan fingerprint density at radius 3 is 2.58 bits per heavy atom. The van der Waals surface area contributed by atoms with Gasteiger partial charge in [-0.3, -0.25) is 4.79 Å². The predicted octanol–water partition coefficient (Wildman–Crippen LogP) is 2.94. The third-order valence-corrected chi connectivity index (χ3v) is 4.52. The van der Waals surface area contributed by atoms with E-state index in [0.717, 1.165) is 19.4 Å². The second kappa shape index (κ2) is 9.47. The maximum absolute atomic E-state index is 12.7. The molecule has 1 saturated heterocycles. The lowest BCUT2D eigenvalue weighted by Crippen LogP contribution is -2.48. The number of hydrogen-bond donors (Lipinski definition) is 0. The monoisotopic (exact) mass is 374 g/mol. The molecule has 2 rings (SSSR count). The third-order valence-electron chi connectivity index (χ3n) is 3.99. The Hall–Kier alpha value is -1.01. The Bertz CT molecular complexity index is 549. The van der Waals surface area contributed by atoms with E-state index in [-0.39, 0.29) is 18.6 Å². The molecule has 134 valence electrons. The molecule has 0 atom stereocenters. The zero-order valence-electron chi connectivity index (χ0n) is 14.1. The molecule has 1 aromatic carbocycles. The van der Waals surface area contributed by atoms with Crippen molar-refractivity contribution in [3.8, 4) is 5.75 Å². The van der Waals surface area contributed by atoms with Crippen LogP contribution in [0.5, 0.6) is 5.75 Å². The number of likely N-dealkylation sites (N-methyl/N-ethyl adjacent to an activating group) is 1. The lowest BCUT2D eigenvalue weighted by atomic mass is 10.1. The van der Waals surface area contributed by atoms with E-state index in [1.807, 2.05) is 19.0 Å². The summed E-state index contributed by atoms with van der Waals surface area (Å²) in [4.78, 5) is 16.7. The van der Waals surface area contributed by atoms with E-state index >= 15 is 0 Å². The van der Waals surface area contributed by atoms with Gasteiger partial charge in [-0.25, -0.2) is 0 Å². The van der Waals surface area contributed by atoms with Gasteiger partial charge in [0.05, 0.1) is 5.02 Å². The molecule has 0 aromatic heterocycles. The number of carbonyl (C=O) groups is 1. The molecule has 1 aromatic rings. The third kappa shape index (κ3) is 5.81. The van der Waals surface area contributed by atoms with Crippen molar-refractivity contribution in [1.82, 2.24) is 9.80 Å². The van der Waals surface area contributed by atoms with E-state index in [4.69, 9.17) is 32.7 Å². The van der Waals surface area contributed by atoms with Crippen LogP contribution >= 0.6 is 23.2 Å². The zero-order chi connectivity index (χ0) is 17.5. The smallest absolute Gasteiger partial charge is 0.260 e. The SMILES string of the molecule is CN(C)CCN(C(=O)COc1ccc(Cl)cc1Cl)C1CCOCC1. The average Bonchev–Trinajstić information content (AvgIpc) is 2.55. The van der Waals surface area contributed by atoms with Crippen LogP contribution < -0.4 is 4.74 Å². The van der Waals surface area contributed by atoms with Crippen molar-refractivity contribution < 1.29 is 14.3 Å². The number of rotatable bonds is 7. The largest absolute Gasteiger partial charge is 0.482 e. The van der Waals surface area contributed by atoms with Crippen molar-refractivity contribution in [1.29, 1.82) is 0 Å². The molecule has 1 aliphatic rings. The van der Waals surface area contributed by atoms with E-state index in [1.165, 1.54) is 0 Å². The molecular weight excluding hydrogens is 351 g/mol. The maximum atomic E-state index is 12.7. The average molecular weight is 375 g/mol. The quantitative estimate of drug-likeness (QED) is 0.735. The summed E-state index contributed by atoms with van der Waals surface area (Å²) in [5, 5.41) is 0.940. The highest BCUT2D eigenvalue weighted by atomic mass is 35.5. The second-order valence-electron chi connectivity index (χ2n) is 6.10. The standard InChI is InChI=1S/C17H24Cl2N2O3/c1-20(2)7-8-21(14-5-9-23-10-6-14)17(22)12-24-16-4-3-13(18)11-15(16)19/h3-4,11,14H,5-10,12H2,1-2H3. The second-order valence-corrected chi connectivity index (χ2v) is 6.94.